The lowest BCUT2D eigenvalue weighted by atomic mass is 10.0. The van der Waals surface area contributed by atoms with Crippen molar-refractivity contribution in [3.8, 4) is 0 Å². The van der Waals surface area contributed by atoms with Gasteiger partial charge in [0.25, 0.3) is 0 Å². The number of primary amides is 1. The fourth-order valence-corrected chi connectivity index (χ4v) is 3.95. The molecule has 0 bridgehead atoms. The number of nitrogens with two attached hydrogens (primary N) is 1. The Hall–Kier alpha value is -3.40. The van der Waals surface area contributed by atoms with Gasteiger partial charge in [0.1, 0.15) is 18.7 Å². The van der Waals surface area contributed by atoms with Gasteiger partial charge < -0.3 is 21.1 Å². The van der Waals surface area contributed by atoms with Crippen LogP contribution in [0.2, 0.25) is 0 Å². The highest BCUT2D eigenvalue weighted by Crippen LogP contribution is 2.14. The van der Waals surface area contributed by atoms with Gasteiger partial charge in [0.2, 0.25) is 11.8 Å². The number of amides is 3. The van der Waals surface area contributed by atoms with E-state index in [1.54, 1.807) is 0 Å². The molecule has 0 aliphatic carbocycles. The van der Waals surface area contributed by atoms with Crippen LogP contribution in [0.25, 0.3) is 0 Å². The van der Waals surface area contributed by atoms with Gasteiger partial charge in [-0.3, -0.25) is 9.59 Å². The molecule has 0 aromatic heterocycles. The molecule has 0 spiro atoms. The molecule has 0 radical (unpaired) electrons. The van der Waals surface area contributed by atoms with Gasteiger partial charge >= 0.3 is 6.09 Å². The predicted molar refractivity (Wildman–Crippen MR) is 138 cm³/mol. The summed E-state index contributed by atoms with van der Waals surface area (Å²) in [4.78, 5) is 37.7. The quantitative estimate of drug-likeness (QED) is 0.325. The summed E-state index contributed by atoms with van der Waals surface area (Å²) in [6, 6.07) is 24.2. The highest BCUT2D eigenvalue weighted by Gasteiger charge is 2.27. The van der Waals surface area contributed by atoms with Gasteiger partial charge in [0.05, 0.1) is 0 Å². The van der Waals surface area contributed by atoms with Crippen LogP contribution in [0.4, 0.5) is 4.79 Å². The van der Waals surface area contributed by atoms with Crippen molar-refractivity contribution in [2.24, 2.45) is 5.73 Å². The maximum atomic E-state index is 13.2. The maximum absolute atomic E-state index is 13.2. The normalized spacial score (nSPS) is 12.3. The molecule has 0 saturated heterocycles. The molecule has 34 heavy (non-hydrogen) atoms. The minimum atomic E-state index is -0.956. The van der Waals surface area contributed by atoms with E-state index in [1.165, 1.54) is 0 Å². The average molecular weight is 571 g/mol. The van der Waals surface area contributed by atoms with Gasteiger partial charge in [-0.1, -0.05) is 78.9 Å². The van der Waals surface area contributed by atoms with Crippen molar-refractivity contribution in [1.82, 2.24) is 10.6 Å². The molecule has 3 aromatic carbocycles. The second-order valence-corrected chi connectivity index (χ2v) is 8.87. The number of rotatable bonds is 10. The van der Waals surface area contributed by atoms with E-state index in [1.807, 2.05) is 84.9 Å². The first-order valence-electron chi connectivity index (χ1n) is 10.8. The topological polar surface area (TPSA) is 111 Å². The number of halogens is 1. The van der Waals surface area contributed by atoms with Gasteiger partial charge in [-0.15, -0.1) is 0 Å². The summed E-state index contributed by atoms with van der Waals surface area (Å²) in [6.07, 6.45) is -0.258. The van der Waals surface area contributed by atoms with E-state index in [9.17, 15) is 14.4 Å². The SMILES string of the molecule is NC(=O)[C@H](Cc1ccccc1I)NC(=O)[C@@H](Cc1ccccc1)NC(=O)OCc1ccccc1. The Bertz CT molecular complexity index is 1110. The third-order valence-electron chi connectivity index (χ3n) is 5.15. The first-order chi connectivity index (χ1) is 16.4. The average Bonchev–Trinajstić information content (AvgIpc) is 2.84. The van der Waals surface area contributed by atoms with Gasteiger partial charge in [-0.2, -0.15) is 0 Å². The molecular weight excluding hydrogens is 545 g/mol. The summed E-state index contributed by atoms with van der Waals surface area (Å²) < 4.78 is 6.25. The summed E-state index contributed by atoms with van der Waals surface area (Å²) in [5.74, 6) is -1.17. The molecule has 8 heteroatoms. The molecule has 176 valence electrons. The Balaban J connectivity index is 1.70. The Labute approximate surface area is 212 Å². The number of hydrogen-bond donors (Lipinski definition) is 3. The largest absolute Gasteiger partial charge is 0.445 e. The van der Waals surface area contributed by atoms with Gasteiger partial charge in [-0.05, 0) is 45.3 Å². The second kappa shape index (κ2) is 12.7. The fraction of sp³-hybridized carbons (Fsp3) is 0.192. The molecule has 2 atom stereocenters. The molecular formula is C26H26IN3O4. The zero-order chi connectivity index (χ0) is 24.3. The van der Waals surface area contributed by atoms with Gasteiger partial charge in [-0.25, -0.2) is 4.79 Å². The summed E-state index contributed by atoms with van der Waals surface area (Å²) in [6.45, 7) is 0.0721. The lowest BCUT2D eigenvalue weighted by Gasteiger charge is -2.22. The molecule has 0 saturated carbocycles. The molecule has 3 amide bonds. The number of carbonyl (C=O) groups is 3. The molecule has 3 rings (SSSR count). The Morgan fingerprint density at radius 1 is 0.765 bits per heavy atom. The molecule has 0 aliphatic heterocycles. The van der Waals surface area contributed by atoms with Crippen molar-refractivity contribution in [2.75, 3.05) is 0 Å². The van der Waals surface area contributed by atoms with Crippen LogP contribution in [0.1, 0.15) is 16.7 Å². The summed E-state index contributed by atoms with van der Waals surface area (Å²) in [5.41, 5.74) is 8.14. The Morgan fingerprint density at radius 3 is 1.97 bits per heavy atom. The molecule has 0 heterocycles. The van der Waals surface area contributed by atoms with Crippen LogP contribution in [0.15, 0.2) is 84.9 Å². The lowest BCUT2D eigenvalue weighted by molar-refractivity contribution is -0.128. The Morgan fingerprint density at radius 2 is 1.35 bits per heavy atom. The minimum Gasteiger partial charge on any atom is -0.445 e. The summed E-state index contributed by atoms with van der Waals surface area (Å²) >= 11 is 2.17. The number of alkyl carbamates (subject to hydrolysis) is 1. The van der Waals surface area contributed by atoms with E-state index >= 15 is 0 Å². The lowest BCUT2D eigenvalue weighted by Crippen LogP contribution is -2.54. The predicted octanol–water partition coefficient (Wildman–Crippen LogP) is 3.34. The smallest absolute Gasteiger partial charge is 0.408 e. The number of hydrogen-bond acceptors (Lipinski definition) is 4. The summed E-state index contributed by atoms with van der Waals surface area (Å²) in [5, 5.41) is 5.33. The molecule has 3 aromatic rings. The van der Waals surface area contributed by atoms with Crippen LogP contribution >= 0.6 is 22.6 Å². The number of carbonyl (C=O) groups excluding carboxylic acids is 3. The van der Waals surface area contributed by atoms with E-state index < -0.39 is 30.0 Å². The van der Waals surface area contributed by atoms with Gasteiger partial charge in [0.15, 0.2) is 0 Å². The third-order valence-corrected chi connectivity index (χ3v) is 6.20. The van der Waals surface area contributed by atoms with Crippen molar-refractivity contribution >= 4 is 40.5 Å². The van der Waals surface area contributed by atoms with Crippen molar-refractivity contribution in [1.29, 1.82) is 0 Å². The van der Waals surface area contributed by atoms with Crippen molar-refractivity contribution in [3.63, 3.8) is 0 Å². The second-order valence-electron chi connectivity index (χ2n) is 7.71. The maximum Gasteiger partial charge on any atom is 0.408 e. The molecule has 7 nitrogen and oxygen atoms in total. The fourth-order valence-electron chi connectivity index (χ4n) is 3.35. The van der Waals surface area contributed by atoms with Crippen molar-refractivity contribution in [3.05, 3.63) is 105 Å². The number of benzene rings is 3. The molecule has 0 aliphatic rings. The van der Waals surface area contributed by atoms with Crippen LogP contribution in [-0.2, 0) is 33.8 Å². The van der Waals surface area contributed by atoms with Crippen LogP contribution in [-0.4, -0.2) is 30.0 Å². The highest BCUT2D eigenvalue weighted by molar-refractivity contribution is 14.1. The van der Waals surface area contributed by atoms with E-state index in [0.29, 0.717) is 0 Å². The standard InChI is InChI=1S/C26H26IN3O4/c27-21-14-8-7-13-20(21)16-22(24(28)31)29-25(32)23(15-18-9-3-1-4-10-18)30-26(33)34-17-19-11-5-2-6-12-19/h1-14,22-23H,15-17H2,(H2,28,31)(H,29,32)(H,30,33)/t22-,23+/m0/s1. The molecule has 4 N–H and O–H groups in total. The van der Waals surface area contributed by atoms with Crippen molar-refractivity contribution in [2.45, 2.75) is 31.5 Å². The zero-order valence-corrected chi connectivity index (χ0v) is 20.6. The third kappa shape index (κ3) is 7.87. The first-order valence-corrected chi connectivity index (χ1v) is 11.8. The van der Waals surface area contributed by atoms with Crippen LogP contribution in [0.5, 0.6) is 0 Å². The molecule has 0 fully saturated rings. The van der Waals surface area contributed by atoms with E-state index in [-0.39, 0.29) is 19.4 Å². The van der Waals surface area contributed by atoms with E-state index in [2.05, 4.69) is 33.2 Å². The Kier molecular flexibility index (Phi) is 9.45. The molecule has 0 unspecified atom stereocenters. The monoisotopic (exact) mass is 571 g/mol. The number of nitrogens with one attached hydrogen (secondary N) is 2. The van der Waals surface area contributed by atoms with Crippen LogP contribution in [0.3, 0.4) is 0 Å². The van der Waals surface area contributed by atoms with Crippen molar-refractivity contribution < 1.29 is 19.1 Å². The first kappa shape index (κ1) is 25.2. The summed E-state index contributed by atoms with van der Waals surface area (Å²) in [7, 11) is 0. The number of ether oxygens (including phenoxy) is 1. The van der Waals surface area contributed by atoms with Gasteiger partial charge in [0, 0.05) is 16.4 Å². The zero-order valence-electron chi connectivity index (χ0n) is 18.4. The minimum absolute atomic E-state index is 0.0721. The van der Waals surface area contributed by atoms with E-state index in [0.717, 1.165) is 20.3 Å². The van der Waals surface area contributed by atoms with Crippen LogP contribution in [0, 0.1) is 3.57 Å². The van der Waals surface area contributed by atoms with E-state index in [4.69, 9.17) is 10.5 Å². The highest BCUT2D eigenvalue weighted by atomic mass is 127. The van der Waals surface area contributed by atoms with Crippen LogP contribution < -0.4 is 16.4 Å².